The minimum absolute atomic E-state index is 0.815. The Kier molecular flexibility index (Phi) is 6.30. The molecule has 0 aromatic carbocycles. The first-order valence-corrected chi connectivity index (χ1v) is 7.78. The fourth-order valence-electron chi connectivity index (χ4n) is 3.37. The summed E-state index contributed by atoms with van der Waals surface area (Å²) in [6, 6.07) is 0. The first-order chi connectivity index (χ1) is 8.10. The molecule has 0 bridgehead atoms. The zero-order valence-corrected chi connectivity index (χ0v) is 12.7. The molecule has 0 N–H and O–H groups in total. The SMILES string of the molecule is CCCCC(/C(C)=C1\CCC(CC)C1)C(C)C. The molecule has 0 radical (unpaired) electrons. The van der Waals surface area contributed by atoms with Crippen molar-refractivity contribution in [1.29, 1.82) is 0 Å². The van der Waals surface area contributed by atoms with Gasteiger partial charge in [0.2, 0.25) is 0 Å². The molecule has 0 amide bonds. The van der Waals surface area contributed by atoms with Gasteiger partial charge < -0.3 is 0 Å². The topological polar surface area (TPSA) is 0 Å². The van der Waals surface area contributed by atoms with Crippen molar-refractivity contribution >= 4 is 0 Å². The van der Waals surface area contributed by atoms with Crippen LogP contribution in [0.5, 0.6) is 0 Å². The number of allylic oxidation sites excluding steroid dienone is 2. The minimum Gasteiger partial charge on any atom is -0.0707 e. The second-order valence-electron chi connectivity index (χ2n) is 6.30. The van der Waals surface area contributed by atoms with E-state index in [4.69, 9.17) is 0 Å². The van der Waals surface area contributed by atoms with Crippen LogP contribution in [0.1, 0.15) is 79.6 Å². The molecule has 1 saturated carbocycles. The summed E-state index contributed by atoms with van der Waals surface area (Å²) in [5.41, 5.74) is 3.57. The Morgan fingerprint density at radius 1 is 1.29 bits per heavy atom. The van der Waals surface area contributed by atoms with Crippen molar-refractivity contribution in [3.63, 3.8) is 0 Å². The monoisotopic (exact) mass is 236 g/mol. The Hall–Kier alpha value is -0.260. The molecule has 100 valence electrons. The second kappa shape index (κ2) is 7.24. The van der Waals surface area contributed by atoms with Gasteiger partial charge in [0.25, 0.3) is 0 Å². The van der Waals surface area contributed by atoms with E-state index in [2.05, 4.69) is 34.6 Å². The molecule has 0 spiro atoms. The van der Waals surface area contributed by atoms with E-state index in [0.717, 1.165) is 17.8 Å². The van der Waals surface area contributed by atoms with E-state index in [-0.39, 0.29) is 0 Å². The lowest BCUT2D eigenvalue weighted by Gasteiger charge is -2.24. The lowest BCUT2D eigenvalue weighted by molar-refractivity contribution is 0.398. The van der Waals surface area contributed by atoms with Crippen LogP contribution in [0.25, 0.3) is 0 Å². The zero-order chi connectivity index (χ0) is 12.8. The van der Waals surface area contributed by atoms with Gasteiger partial charge >= 0.3 is 0 Å². The maximum atomic E-state index is 2.42. The summed E-state index contributed by atoms with van der Waals surface area (Å²) in [6.07, 6.45) is 9.74. The number of hydrogen-bond donors (Lipinski definition) is 0. The molecule has 0 aromatic heterocycles. The highest BCUT2D eigenvalue weighted by Gasteiger charge is 2.23. The third kappa shape index (κ3) is 4.16. The van der Waals surface area contributed by atoms with Gasteiger partial charge in [-0.2, -0.15) is 0 Å². The van der Waals surface area contributed by atoms with E-state index >= 15 is 0 Å². The molecule has 0 heteroatoms. The predicted molar refractivity (Wildman–Crippen MR) is 78.2 cm³/mol. The van der Waals surface area contributed by atoms with E-state index in [9.17, 15) is 0 Å². The summed E-state index contributed by atoms with van der Waals surface area (Å²) < 4.78 is 0. The van der Waals surface area contributed by atoms with Crippen LogP contribution >= 0.6 is 0 Å². The van der Waals surface area contributed by atoms with Gasteiger partial charge in [-0.25, -0.2) is 0 Å². The summed E-state index contributed by atoms with van der Waals surface area (Å²) in [7, 11) is 0. The second-order valence-corrected chi connectivity index (χ2v) is 6.30. The van der Waals surface area contributed by atoms with Crippen molar-refractivity contribution in [2.75, 3.05) is 0 Å². The van der Waals surface area contributed by atoms with E-state index in [1.807, 2.05) is 5.57 Å². The van der Waals surface area contributed by atoms with E-state index in [0.29, 0.717) is 0 Å². The molecule has 0 saturated heterocycles. The van der Waals surface area contributed by atoms with Crippen LogP contribution in [0.15, 0.2) is 11.1 Å². The van der Waals surface area contributed by atoms with Gasteiger partial charge in [0.05, 0.1) is 0 Å². The lowest BCUT2D eigenvalue weighted by Crippen LogP contribution is -2.11. The quantitative estimate of drug-likeness (QED) is 0.498. The van der Waals surface area contributed by atoms with E-state index < -0.39 is 0 Å². The van der Waals surface area contributed by atoms with Crippen LogP contribution in [-0.4, -0.2) is 0 Å². The van der Waals surface area contributed by atoms with Crippen molar-refractivity contribution in [3.05, 3.63) is 11.1 Å². The fraction of sp³-hybridized carbons (Fsp3) is 0.882. The van der Waals surface area contributed by atoms with Gasteiger partial charge in [-0.05, 0) is 50.4 Å². The Labute approximate surface area is 109 Å². The van der Waals surface area contributed by atoms with Gasteiger partial charge in [0.1, 0.15) is 0 Å². The van der Waals surface area contributed by atoms with Gasteiger partial charge in [-0.1, -0.05) is 58.1 Å². The van der Waals surface area contributed by atoms with Crippen molar-refractivity contribution in [1.82, 2.24) is 0 Å². The molecule has 17 heavy (non-hydrogen) atoms. The lowest BCUT2D eigenvalue weighted by atomic mass is 9.82. The summed E-state index contributed by atoms with van der Waals surface area (Å²) in [4.78, 5) is 0. The molecule has 1 aliphatic carbocycles. The third-order valence-electron chi connectivity index (χ3n) is 4.75. The Morgan fingerprint density at radius 3 is 2.47 bits per heavy atom. The molecule has 0 aliphatic heterocycles. The van der Waals surface area contributed by atoms with E-state index in [1.165, 1.54) is 44.9 Å². The molecule has 0 heterocycles. The largest absolute Gasteiger partial charge is 0.0707 e. The summed E-state index contributed by atoms with van der Waals surface area (Å²) >= 11 is 0. The van der Waals surface area contributed by atoms with Crippen LogP contribution in [0.4, 0.5) is 0 Å². The zero-order valence-electron chi connectivity index (χ0n) is 12.7. The van der Waals surface area contributed by atoms with Gasteiger partial charge in [0.15, 0.2) is 0 Å². The molecule has 2 atom stereocenters. The Morgan fingerprint density at radius 2 is 2.00 bits per heavy atom. The van der Waals surface area contributed by atoms with Gasteiger partial charge in [-0.15, -0.1) is 0 Å². The van der Waals surface area contributed by atoms with Crippen LogP contribution in [0.3, 0.4) is 0 Å². The minimum atomic E-state index is 0.815. The van der Waals surface area contributed by atoms with Gasteiger partial charge in [-0.3, -0.25) is 0 Å². The maximum absolute atomic E-state index is 2.42. The number of unbranched alkanes of at least 4 members (excludes halogenated alkanes) is 1. The average Bonchev–Trinajstić information content (AvgIpc) is 2.77. The summed E-state index contributed by atoms with van der Waals surface area (Å²) in [5, 5.41) is 0. The maximum Gasteiger partial charge on any atom is -0.0180 e. The molecule has 2 unspecified atom stereocenters. The predicted octanol–water partition coefficient (Wildman–Crippen LogP) is 5.98. The summed E-state index contributed by atoms with van der Waals surface area (Å²) in [5.74, 6) is 2.65. The molecular weight excluding hydrogens is 204 g/mol. The highest BCUT2D eigenvalue weighted by molar-refractivity contribution is 5.19. The van der Waals surface area contributed by atoms with Crippen molar-refractivity contribution in [3.8, 4) is 0 Å². The number of rotatable bonds is 6. The van der Waals surface area contributed by atoms with Crippen LogP contribution in [-0.2, 0) is 0 Å². The number of hydrogen-bond acceptors (Lipinski definition) is 0. The molecule has 0 nitrogen and oxygen atoms in total. The van der Waals surface area contributed by atoms with Crippen LogP contribution in [0.2, 0.25) is 0 Å². The van der Waals surface area contributed by atoms with Gasteiger partial charge in [0, 0.05) is 0 Å². The molecule has 0 aromatic rings. The van der Waals surface area contributed by atoms with E-state index in [1.54, 1.807) is 5.57 Å². The smallest absolute Gasteiger partial charge is 0.0180 e. The summed E-state index contributed by atoms with van der Waals surface area (Å²) in [6.45, 7) is 11.9. The highest BCUT2D eigenvalue weighted by atomic mass is 14.3. The van der Waals surface area contributed by atoms with Crippen molar-refractivity contribution in [2.45, 2.75) is 79.6 Å². The fourth-order valence-corrected chi connectivity index (χ4v) is 3.37. The first kappa shape index (κ1) is 14.8. The normalized spacial score (nSPS) is 25.4. The average molecular weight is 236 g/mol. The molecule has 1 rings (SSSR count). The Balaban J connectivity index is 2.69. The molecular formula is C17H32. The molecule has 1 fully saturated rings. The first-order valence-electron chi connectivity index (χ1n) is 7.78. The van der Waals surface area contributed by atoms with Crippen LogP contribution < -0.4 is 0 Å². The molecule has 1 aliphatic rings. The Bertz CT molecular complexity index is 247. The van der Waals surface area contributed by atoms with Crippen LogP contribution in [0, 0.1) is 17.8 Å². The third-order valence-corrected chi connectivity index (χ3v) is 4.75. The van der Waals surface area contributed by atoms with Crippen molar-refractivity contribution < 1.29 is 0 Å². The standard InChI is InChI=1S/C17H32/c1-6-8-9-17(13(3)4)14(5)16-11-10-15(7-2)12-16/h13,15,17H,6-12H2,1-5H3/b16-14+. The van der Waals surface area contributed by atoms with Crippen molar-refractivity contribution in [2.24, 2.45) is 17.8 Å². The highest BCUT2D eigenvalue weighted by Crippen LogP contribution is 2.38.